The number of aryl methyl sites for hydroxylation is 1. The number of rotatable bonds is 4. The number of hydrogen-bond donors (Lipinski definition) is 1. The number of nitriles is 1. The maximum atomic E-state index is 8.92. The summed E-state index contributed by atoms with van der Waals surface area (Å²) < 4.78 is 0. The highest BCUT2D eigenvalue weighted by molar-refractivity contribution is 5.50. The Morgan fingerprint density at radius 1 is 1.16 bits per heavy atom. The van der Waals surface area contributed by atoms with Gasteiger partial charge in [-0.1, -0.05) is 42.8 Å². The minimum absolute atomic E-state index is 0.273. The fourth-order valence-corrected chi connectivity index (χ4v) is 2.10. The van der Waals surface area contributed by atoms with Gasteiger partial charge in [0.05, 0.1) is 17.7 Å². The summed E-state index contributed by atoms with van der Waals surface area (Å²) in [7, 11) is 0. The van der Waals surface area contributed by atoms with Gasteiger partial charge >= 0.3 is 0 Å². The van der Waals surface area contributed by atoms with Crippen LogP contribution in [-0.2, 0) is 0 Å². The standard InChI is InChI=1S/C17H18N2/c1-3-17(15-9-7-13(2)8-10-15)19-16-6-4-5-14(11-16)12-18/h4-11,17,19H,3H2,1-2H3. The predicted octanol–water partition coefficient (Wildman–Crippen LogP) is 4.43. The highest BCUT2D eigenvalue weighted by atomic mass is 14.9. The van der Waals surface area contributed by atoms with Crippen molar-refractivity contribution in [3.05, 3.63) is 65.2 Å². The molecule has 0 aromatic heterocycles. The Morgan fingerprint density at radius 3 is 2.53 bits per heavy atom. The van der Waals surface area contributed by atoms with Gasteiger partial charge in [0, 0.05) is 5.69 Å². The lowest BCUT2D eigenvalue weighted by molar-refractivity contribution is 0.749. The molecule has 0 bridgehead atoms. The Hall–Kier alpha value is -2.27. The second kappa shape index (κ2) is 6.06. The quantitative estimate of drug-likeness (QED) is 0.871. The van der Waals surface area contributed by atoms with Crippen molar-refractivity contribution < 1.29 is 0 Å². The summed E-state index contributed by atoms with van der Waals surface area (Å²) in [6.07, 6.45) is 1.000. The Balaban J connectivity index is 2.19. The summed E-state index contributed by atoms with van der Waals surface area (Å²) in [6, 6.07) is 18.6. The highest BCUT2D eigenvalue weighted by Gasteiger charge is 2.08. The summed E-state index contributed by atoms with van der Waals surface area (Å²) in [5, 5.41) is 12.4. The van der Waals surface area contributed by atoms with Gasteiger partial charge in [-0.25, -0.2) is 0 Å². The number of anilines is 1. The molecule has 0 radical (unpaired) electrons. The smallest absolute Gasteiger partial charge is 0.0992 e. The van der Waals surface area contributed by atoms with E-state index in [9.17, 15) is 0 Å². The van der Waals surface area contributed by atoms with Crippen LogP contribution >= 0.6 is 0 Å². The number of nitrogens with one attached hydrogen (secondary N) is 1. The molecule has 19 heavy (non-hydrogen) atoms. The number of hydrogen-bond acceptors (Lipinski definition) is 2. The summed E-state index contributed by atoms with van der Waals surface area (Å²) >= 11 is 0. The average molecular weight is 250 g/mol. The van der Waals surface area contributed by atoms with Crippen LogP contribution in [0.15, 0.2) is 48.5 Å². The Bertz CT molecular complexity index is 579. The first-order chi connectivity index (χ1) is 9.22. The zero-order valence-corrected chi connectivity index (χ0v) is 11.4. The zero-order chi connectivity index (χ0) is 13.7. The molecule has 2 aromatic rings. The normalized spacial score (nSPS) is 11.6. The molecule has 96 valence electrons. The van der Waals surface area contributed by atoms with Gasteiger partial charge < -0.3 is 5.32 Å². The van der Waals surface area contributed by atoms with Crippen LogP contribution in [0, 0.1) is 18.3 Å². The van der Waals surface area contributed by atoms with Crippen molar-refractivity contribution in [1.29, 1.82) is 5.26 Å². The Labute approximate surface area is 114 Å². The fourth-order valence-electron chi connectivity index (χ4n) is 2.10. The van der Waals surface area contributed by atoms with Crippen molar-refractivity contribution >= 4 is 5.69 Å². The molecule has 1 atom stereocenters. The van der Waals surface area contributed by atoms with Crippen LogP contribution in [0.4, 0.5) is 5.69 Å². The van der Waals surface area contributed by atoms with E-state index in [-0.39, 0.29) is 6.04 Å². The van der Waals surface area contributed by atoms with E-state index in [1.165, 1.54) is 11.1 Å². The monoisotopic (exact) mass is 250 g/mol. The van der Waals surface area contributed by atoms with E-state index in [4.69, 9.17) is 5.26 Å². The lowest BCUT2D eigenvalue weighted by Crippen LogP contribution is -2.09. The first-order valence-corrected chi connectivity index (χ1v) is 6.56. The average Bonchev–Trinajstić information content (AvgIpc) is 2.46. The highest BCUT2D eigenvalue weighted by Crippen LogP contribution is 2.23. The van der Waals surface area contributed by atoms with Gasteiger partial charge in [0.15, 0.2) is 0 Å². The van der Waals surface area contributed by atoms with Crippen LogP contribution in [0.25, 0.3) is 0 Å². The van der Waals surface area contributed by atoms with E-state index < -0.39 is 0 Å². The van der Waals surface area contributed by atoms with Gasteiger partial charge in [0.2, 0.25) is 0 Å². The molecule has 1 N–H and O–H groups in total. The molecular formula is C17H18N2. The number of benzene rings is 2. The van der Waals surface area contributed by atoms with Crippen LogP contribution < -0.4 is 5.32 Å². The van der Waals surface area contributed by atoms with Gasteiger partial charge in [-0.05, 0) is 37.1 Å². The van der Waals surface area contributed by atoms with Gasteiger partial charge in [-0.15, -0.1) is 0 Å². The maximum absolute atomic E-state index is 8.92. The second-order valence-corrected chi connectivity index (χ2v) is 4.71. The van der Waals surface area contributed by atoms with Crippen LogP contribution in [0.2, 0.25) is 0 Å². The lowest BCUT2D eigenvalue weighted by atomic mass is 10.0. The largest absolute Gasteiger partial charge is 0.378 e. The minimum Gasteiger partial charge on any atom is -0.378 e. The SMILES string of the molecule is CCC(Nc1cccc(C#N)c1)c1ccc(C)cc1. The zero-order valence-electron chi connectivity index (χ0n) is 11.4. The molecule has 2 heteroatoms. The molecular weight excluding hydrogens is 232 g/mol. The molecule has 0 heterocycles. The van der Waals surface area contributed by atoms with Gasteiger partial charge in [0.1, 0.15) is 0 Å². The van der Waals surface area contributed by atoms with Gasteiger partial charge in [0.25, 0.3) is 0 Å². The van der Waals surface area contributed by atoms with E-state index in [1.54, 1.807) is 0 Å². The first-order valence-electron chi connectivity index (χ1n) is 6.56. The maximum Gasteiger partial charge on any atom is 0.0992 e. The summed E-state index contributed by atoms with van der Waals surface area (Å²) in [6.45, 7) is 4.25. The summed E-state index contributed by atoms with van der Waals surface area (Å²) in [4.78, 5) is 0. The molecule has 0 saturated carbocycles. The van der Waals surface area contributed by atoms with Crippen LogP contribution in [-0.4, -0.2) is 0 Å². The molecule has 0 saturated heterocycles. The van der Waals surface area contributed by atoms with Gasteiger partial charge in [-0.3, -0.25) is 0 Å². The minimum atomic E-state index is 0.273. The van der Waals surface area contributed by atoms with E-state index in [2.05, 4.69) is 49.5 Å². The molecule has 1 unspecified atom stereocenters. The van der Waals surface area contributed by atoms with Crippen LogP contribution in [0.1, 0.15) is 36.1 Å². The molecule has 0 aliphatic carbocycles. The molecule has 2 rings (SSSR count). The van der Waals surface area contributed by atoms with Crippen LogP contribution in [0.5, 0.6) is 0 Å². The summed E-state index contributed by atoms with van der Waals surface area (Å²) in [5.74, 6) is 0. The molecule has 0 spiro atoms. The molecule has 2 nitrogen and oxygen atoms in total. The van der Waals surface area contributed by atoms with Crippen molar-refractivity contribution in [2.24, 2.45) is 0 Å². The Morgan fingerprint density at radius 2 is 1.89 bits per heavy atom. The van der Waals surface area contributed by atoms with E-state index in [0.717, 1.165) is 12.1 Å². The van der Waals surface area contributed by atoms with Crippen molar-refractivity contribution in [3.8, 4) is 6.07 Å². The third-order valence-corrected chi connectivity index (χ3v) is 3.22. The predicted molar refractivity (Wildman–Crippen MR) is 79.0 cm³/mol. The third kappa shape index (κ3) is 3.35. The third-order valence-electron chi connectivity index (χ3n) is 3.22. The second-order valence-electron chi connectivity index (χ2n) is 4.71. The first kappa shape index (κ1) is 13.2. The van der Waals surface area contributed by atoms with Crippen molar-refractivity contribution in [1.82, 2.24) is 0 Å². The van der Waals surface area contributed by atoms with Crippen molar-refractivity contribution in [3.63, 3.8) is 0 Å². The molecule has 0 amide bonds. The molecule has 0 aliphatic rings. The van der Waals surface area contributed by atoms with Gasteiger partial charge in [-0.2, -0.15) is 5.26 Å². The molecule has 0 fully saturated rings. The fraction of sp³-hybridized carbons (Fsp3) is 0.235. The van der Waals surface area contributed by atoms with E-state index in [0.29, 0.717) is 5.56 Å². The number of nitrogens with zero attached hydrogens (tertiary/aromatic N) is 1. The Kier molecular flexibility index (Phi) is 4.20. The van der Waals surface area contributed by atoms with E-state index in [1.807, 2.05) is 24.3 Å². The topological polar surface area (TPSA) is 35.8 Å². The van der Waals surface area contributed by atoms with Crippen molar-refractivity contribution in [2.75, 3.05) is 5.32 Å². The van der Waals surface area contributed by atoms with Crippen LogP contribution in [0.3, 0.4) is 0 Å². The lowest BCUT2D eigenvalue weighted by Gasteiger charge is -2.19. The van der Waals surface area contributed by atoms with Crippen molar-refractivity contribution in [2.45, 2.75) is 26.3 Å². The summed E-state index contributed by atoms with van der Waals surface area (Å²) in [5.41, 5.74) is 4.22. The molecule has 2 aromatic carbocycles. The van der Waals surface area contributed by atoms with E-state index >= 15 is 0 Å². The molecule has 0 aliphatic heterocycles.